The van der Waals surface area contributed by atoms with Crippen molar-refractivity contribution < 1.29 is 9.53 Å². The molecule has 0 fully saturated rings. The van der Waals surface area contributed by atoms with Crippen molar-refractivity contribution in [1.29, 1.82) is 0 Å². The Kier molecular flexibility index (Phi) is 6.52. The largest absolute Gasteiger partial charge is 0.374 e. The normalized spacial score (nSPS) is 18.4. The Balaban J connectivity index is 1.64. The van der Waals surface area contributed by atoms with Crippen LogP contribution in [-0.4, -0.2) is 41.3 Å². The number of hydrogen-bond acceptors (Lipinski definition) is 3. The smallest absolute Gasteiger partial charge is 0.253 e. The second-order valence-electron chi connectivity index (χ2n) is 9.34. The fourth-order valence-electron chi connectivity index (χ4n) is 4.64. The number of aromatic nitrogens is 2. The van der Waals surface area contributed by atoms with Gasteiger partial charge < -0.3 is 9.64 Å². The first-order chi connectivity index (χ1) is 15.8. The molecule has 0 saturated heterocycles. The van der Waals surface area contributed by atoms with E-state index in [1.165, 1.54) is 16.7 Å². The van der Waals surface area contributed by atoms with Crippen LogP contribution < -0.4 is 0 Å². The van der Waals surface area contributed by atoms with Gasteiger partial charge in [-0.2, -0.15) is 5.10 Å². The molecule has 0 bridgehead atoms. The van der Waals surface area contributed by atoms with Gasteiger partial charge in [0, 0.05) is 26.3 Å². The van der Waals surface area contributed by atoms with Crippen LogP contribution in [0.1, 0.15) is 60.5 Å². The zero-order chi connectivity index (χ0) is 23.6. The summed E-state index contributed by atoms with van der Waals surface area (Å²) in [5.41, 5.74) is 6.37. The van der Waals surface area contributed by atoms with Crippen LogP contribution in [-0.2, 0) is 11.2 Å². The molecule has 0 aliphatic heterocycles. The van der Waals surface area contributed by atoms with Gasteiger partial charge in [0.1, 0.15) is 0 Å². The maximum Gasteiger partial charge on any atom is 0.253 e. The molecule has 3 aromatic rings. The van der Waals surface area contributed by atoms with Crippen LogP contribution in [0.2, 0.25) is 0 Å². The number of carbonyl (C=O) groups excluding carboxylic acids is 1. The van der Waals surface area contributed by atoms with Gasteiger partial charge >= 0.3 is 0 Å². The number of ether oxygens (including phenoxy) is 1. The summed E-state index contributed by atoms with van der Waals surface area (Å²) in [4.78, 5) is 14.0. The summed E-state index contributed by atoms with van der Waals surface area (Å²) in [5.74, 6) is -0.0138. The maximum absolute atomic E-state index is 12.4. The van der Waals surface area contributed by atoms with Crippen LogP contribution in [0.15, 0.2) is 66.4 Å². The number of amides is 1. The third-order valence-corrected chi connectivity index (χ3v) is 6.69. The van der Waals surface area contributed by atoms with E-state index in [1.807, 2.05) is 41.2 Å². The minimum atomic E-state index is -0.0285. The summed E-state index contributed by atoms with van der Waals surface area (Å²) >= 11 is 0. The molecule has 2 aromatic carbocycles. The van der Waals surface area contributed by atoms with Crippen LogP contribution in [0.5, 0.6) is 0 Å². The van der Waals surface area contributed by atoms with Gasteiger partial charge in [0.15, 0.2) is 0 Å². The lowest BCUT2D eigenvalue weighted by atomic mass is 9.70. The highest BCUT2D eigenvalue weighted by Crippen LogP contribution is 2.45. The predicted molar refractivity (Wildman–Crippen MR) is 132 cm³/mol. The van der Waals surface area contributed by atoms with Gasteiger partial charge in [-0.15, -0.1) is 0 Å². The van der Waals surface area contributed by atoms with Gasteiger partial charge in [-0.25, -0.2) is 4.68 Å². The van der Waals surface area contributed by atoms with E-state index in [2.05, 4.69) is 51.1 Å². The average molecular weight is 444 g/mol. The first-order valence-corrected chi connectivity index (χ1v) is 11.6. The van der Waals surface area contributed by atoms with E-state index >= 15 is 0 Å². The first kappa shape index (κ1) is 23.0. The molecule has 2 unspecified atom stereocenters. The fourth-order valence-corrected chi connectivity index (χ4v) is 4.64. The average Bonchev–Trinajstić information content (AvgIpc) is 3.21. The Morgan fingerprint density at radius 3 is 2.64 bits per heavy atom. The van der Waals surface area contributed by atoms with Gasteiger partial charge in [-0.1, -0.05) is 48.9 Å². The van der Waals surface area contributed by atoms with Gasteiger partial charge in [0.25, 0.3) is 5.91 Å². The molecule has 2 atom stereocenters. The van der Waals surface area contributed by atoms with E-state index in [0.29, 0.717) is 12.2 Å². The highest BCUT2D eigenvalue weighted by atomic mass is 16.5. The lowest BCUT2D eigenvalue weighted by molar-refractivity contribution is 0.0324. The SMILES string of the molecule is CCOC(CC1(C)Cc2cnn(-c3cccc(C(=O)N(C)C)c3)c2C=C1C)c1ccccc1. The van der Waals surface area contributed by atoms with Crippen molar-refractivity contribution in [3.8, 4) is 5.69 Å². The van der Waals surface area contributed by atoms with E-state index in [9.17, 15) is 4.79 Å². The molecule has 1 amide bonds. The third kappa shape index (κ3) is 4.64. The first-order valence-electron chi connectivity index (χ1n) is 11.6. The highest BCUT2D eigenvalue weighted by molar-refractivity contribution is 5.94. The molecule has 5 heteroatoms. The summed E-state index contributed by atoms with van der Waals surface area (Å²) in [6, 6.07) is 18.2. The Morgan fingerprint density at radius 2 is 1.94 bits per heavy atom. The summed E-state index contributed by atoms with van der Waals surface area (Å²) in [6.45, 7) is 7.27. The number of hydrogen-bond donors (Lipinski definition) is 0. The number of rotatable bonds is 7. The van der Waals surface area contributed by atoms with E-state index in [4.69, 9.17) is 9.84 Å². The minimum absolute atomic E-state index is 0.0138. The van der Waals surface area contributed by atoms with Crippen molar-refractivity contribution in [3.63, 3.8) is 0 Å². The summed E-state index contributed by atoms with van der Waals surface area (Å²) in [6.07, 6.45) is 6.08. The Labute approximate surface area is 196 Å². The van der Waals surface area contributed by atoms with E-state index in [-0.39, 0.29) is 17.4 Å². The molecule has 33 heavy (non-hydrogen) atoms. The quantitative estimate of drug-likeness (QED) is 0.470. The van der Waals surface area contributed by atoms with Crippen molar-refractivity contribution in [2.75, 3.05) is 20.7 Å². The minimum Gasteiger partial charge on any atom is -0.374 e. The Morgan fingerprint density at radius 1 is 1.18 bits per heavy atom. The van der Waals surface area contributed by atoms with Crippen LogP contribution >= 0.6 is 0 Å². The third-order valence-electron chi connectivity index (χ3n) is 6.69. The van der Waals surface area contributed by atoms with Gasteiger partial charge in [-0.3, -0.25) is 4.79 Å². The van der Waals surface area contributed by atoms with E-state index in [1.54, 1.807) is 19.0 Å². The van der Waals surface area contributed by atoms with Crippen LogP contribution in [0, 0.1) is 5.41 Å². The van der Waals surface area contributed by atoms with Crippen LogP contribution in [0.25, 0.3) is 11.8 Å². The molecule has 1 aliphatic carbocycles. The van der Waals surface area contributed by atoms with Crippen molar-refractivity contribution in [2.45, 2.75) is 39.7 Å². The summed E-state index contributed by atoms with van der Waals surface area (Å²) in [5, 5.41) is 4.70. The van der Waals surface area contributed by atoms with Crippen LogP contribution in [0.4, 0.5) is 0 Å². The Hall–Kier alpha value is -3.18. The van der Waals surface area contributed by atoms with E-state index < -0.39 is 0 Å². The fraction of sp³-hybridized carbons (Fsp3) is 0.357. The second-order valence-corrected chi connectivity index (χ2v) is 9.34. The number of allylic oxidation sites excluding steroid dienone is 1. The standard InChI is InChI=1S/C28H33N3O2/c1-6-33-26(21-11-8-7-9-12-21)18-28(3)17-23-19-29-31(25(23)15-20(28)2)24-14-10-13-22(16-24)27(32)30(4)5/h7-16,19,26H,6,17-18H2,1-5H3. The molecule has 0 saturated carbocycles. The molecular formula is C28H33N3O2. The van der Waals surface area contributed by atoms with Gasteiger partial charge in [0.05, 0.1) is 23.7 Å². The van der Waals surface area contributed by atoms with Crippen molar-refractivity contribution in [2.24, 2.45) is 5.41 Å². The highest BCUT2D eigenvalue weighted by Gasteiger charge is 2.35. The second kappa shape index (κ2) is 9.36. The lowest BCUT2D eigenvalue weighted by Crippen LogP contribution is -2.28. The Bertz CT molecular complexity index is 1160. The number of benzene rings is 2. The van der Waals surface area contributed by atoms with Gasteiger partial charge in [0.2, 0.25) is 0 Å². The zero-order valence-corrected chi connectivity index (χ0v) is 20.2. The van der Waals surface area contributed by atoms with E-state index in [0.717, 1.165) is 24.2 Å². The summed E-state index contributed by atoms with van der Waals surface area (Å²) in [7, 11) is 3.53. The molecule has 0 spiro atoms. The number of carbonyl (C=O) groups is 1. The van der Waals surface area contributed by atoms with Crippen molar-refractivity contribution in [3.05, 3.63) is 88.8 Å². The molecule has 1 heterocycles. The molecule has 0 radical (unpaired) electrons. The molecular weight excluding hydrogens is 410 g/mol. The maximum atomic E-state index is 12.4. The lowest BCUT2D eigenvalue weighted by Gasteiger charge is -2.37. The molecule has 5 nitrogen and oxygen atoms in total. The monoisotopic (exact) mass is 443 g/mol. The predicted octanol–water partition coefficient (Wildman–Crippen LogP) is 5.71. The topological polar surface area (TPSA) is 47.4 Å². The summed E-state index contributed by atoms with van der Waals surface area (Å²) < 4.78 is 8.12. The van der Waals surface area contributed by atoms with Crippen molar-refractivity contribution in [1.82, 2.24) is 14.7 Å². The van der Waals surface area contributed by atoms with Crippen LogP contribution in [0.3, 0.4) is 0 Å². The molecule has 1 aromatic heterocycles. The molecule has 1 aliphatic rings. The number of fused-ring (bicyclic) bond motifs is 1. The number of nitrogens with zero attached hydrogens (tertiary/aromatic N) is 3. The zero-order valence-electron chi connectivity index (χ0n) is 20.2. The molecule has 172 valence electrons. The van der Waals surface area contributed by atoms with Gasteiger partial charge in [-0.05, 0) is 67.5 Å². The molecule has 4 rings (SSSR count). The van der Waals surface area contributed by atoms with Crippen molar-refractivity contribution >= 4 is 12.0 Å². The molecule has 0 N–H and O–H groups in total.